The van der Waals surface area contributed by atoms with Crippen LogP contribution in [0.5, 0.6) is 11.5 Å². The van der Waals surface area contributed by atoms with Crippen molar-refractivity contribution in [2.45, 2.75) is 83.5 Å². The summed E-state index contributed by atoms with van der Waals surface area (Å²) in [6.07, 6.45) is 2.49. The SMILES string of the molecule is C=CC(=O)N1CCC(O)(C(=O)N(C)[C@H](C(=O)N[C@H]2Cc3cc(O)cc(c3)-c3ccc4c(c3)c(c(-c3ccc5c(c3)OCCN5C)n4C)CC(C)(C)COC(=O)[C@@H]3CCCN(N3)C2=O)C(C)C)C1. The lowest BCUT2D eigenvalue weighted by Crippen LogP contribution is -2.63. The molecule has 8 rings (SSSR count). The number of aromatic nitrogens is 1. The van der Waals surface area contributed by atoms with Gasteiger partial charge in [0.05, 0.1) is 31.1 Å². The molecule has 4 aliphatic heterocycles. The number of hydrazine groups is 1. The van der Waals surface area contributed by atoms with Crippen molar-refractivity contribution in [3.63, 3.8) is 0 Å². The molecule has 356 valence electrons. The fraction of sp³-hybridized carbons (Fsp3) is 0.471. The summed E-state index contributed by atoms with van der Waals surface area (Å²) in [5, 5.41) is 28.0. The maximum absolute atomic E-state index is 14.7. The average molecular weight is 918 g/mol. The Morgan fingerprint density at radius 3 is 2.49 bits per heavy atom. The number of likely N-dealkylation sites (tertiary alicyclic amines) is 1. The van der Waals surface area contributed by atoms with E-state index in [2.05, 4.69) is 78.0 Å². The number of esters is 1. The molecule has 4 N–H and O–H groups in total. The molecule has 4 atom stereocenters. The van der Waals surface area contributed by atoms with Gasteiger partial charge in [-0.2, -0.15) is 0 Å². The second-order valence-corrected chi connectivity index (χ2v) is 19.8. The number of carbonyl (C=O) groups is 5. The van der Waals surface area contributed by atoms with Crippen LogP contribution in [-0.2, 0) is 48.6 Å². The van der Waals surface area contributed by atoms with E-state index in [-0.39, 0.29) is 44.8 Å². The van der Waals surface area contributed by atoms with Crippen LogP contribution in [0.1, 0.15) is 58.1 Å². The molecular weight excluding hydrogens is 855 g/mol. The number of β-amino-alcohol motifs (C(OH)–C–C–N with tert-alkyl or cyclic N) is 1. The highest BCUT2D eigenvalue weighted by molar-refractivity contribution is 5.97. The van der Waals surface area contributed by atoms with Gasteiger partial charge in [0, 0.05) is 69.0 Å². The summed E-state index contributed by atoms with van der Waals surface area (Å²) in [5.41, 5.74) is 7.75. The summed E-state index contributed by atoms with van der Waals surface area (Å²) in [4.78, 5) is 74.1. The topological polar surface area (TPSA) is 186 Å². The van der Waals surface area contributed by atoms with Gasteiger partial charge in [0.2, 0.25) is 11.8 Å². The Kier molecular flexibility index (Phi) is 12.9. The van der Waals surface area contributed by atoms with E-state index in [1.54, 1.807) is 26.0 Å². The van der Waals surface area contributed by atoms with Gasteiger partial charge in [-0.25, -0.2) is 5.43 Å². The van der Waals surface area contributed by atoms with Crippen molar-refractivity contribution in [2.24, 2.45) is 18.4 Å². The molecule has 16 nitrogen and oxygen atoms in total. The molecule has 16 heteroatoms. The highest BCUT2D eigenvalue weighted by Crippen LogP contribution is 2.43. The van der Waals surface area contributed by atoms with E-state index in [0.717, 1.165) is 57.3 Å². The first-order valence-corrected chi connectivity index (χ1v) is 23.2. The number of rotatable bonds is 7. The standard InChI is InChI=1S/C51H63N7O9/c1-9-43(60)57-18-16-51(65,28-57)49(64)56(8)44(30(2)3)46(61)52-39-23-31-21-34(24-35(59)22-31)32-12-14-40-36(25-32)37(45(55(40)7)33-13-15-41-42(26-33)66-20-19-54(41)6)27-50(4,5)29-67-48(63)38-11-10-17-58(53-38)47(39)62/h9,12-15,21-22,24-26,30,38-39,44,53,59,65H,1,10-11,16-20,23,27-29H2,2-8H3,(H,52,61)/t38-,39-,44-,51?/m0/s1. The van der Waals surface area contributed by atoms with Crippen molar-refractivity contribution in [3.8, 4) is 33.9 Å². The molecule has 0 aliphatic carbocycles. The number of aromatic hydroxyl groups is 1. The molecule has 1 unspecified atom stereocenters. The summed E-state index contributed by atoms with van der Waals surface area (Å²) in [5.74, 6) is -2.51. The molecule has 0 radical (unpaired) electrons. The summed E-state index contributed by atoms with van der Waals surface area (Å²) in [6.45, 7) is 12.8. The normalized spacial score (nSPS) is 22.4. The van der Waals surface area contributed by atoms with Crippen LogP contribution >= 0.6 is 0 Å². The zero-order valence-electron chi connectivity index (χ0n) is 39.6. The second-order valence-electron chi connectivity index (χ2n) is 19.8. The molecule has 5 heterocycles. The van der Waals surface area contributed by atoms with Gasteiger partial charge in [-0.1, -0.05) is 52.5 Å². The van der Waals surface area contributed by atoms with E-state index < -0.39 is 64.7 Å². The number of ether oxygens (including phenoxy) is 2. The highest BCUT2D eigenvalue weighted by atomic mass is 16.5. The molecule has 4 amide bonds. The molecule has 67 heavy (non-hydrogen) atoms. The number of amides is 4. The molecule has 6 bridgehead atoms. The quantitative estimate of drug-likeness (QED) is 0.153. The number of hydrogen-bond acceptors (Lipinski definition) is 11. The molecule has 2 saturated heterocycles. The van der Waals surface area contributed by atoms with Crippen molar-refractivity contribution in [2.75, 3.05) is 58.4 Å². The van der Waals surface area contributed by atoms with Crippen LogP contribution in [-0.4, -0.2) is 136 Å². The van der Waals surface area contributed by atoms with E-state index >= 15 is 0 Å². The lowest BCUT2D eigenvalue weighted by molar-refractivity contribution is -0.156. The number of nitrogens with zero attached hydrogens (tertiary/aromatic N) is 5. The van der Waals surface area contributed by atoms with E-state index in [1.165, 1.54) is 21.9 Å². The molecule has 2 fully saturated rings. The van der Waals surface area contributed by atoms with Crippen LogP contribution in [0.15, 0.2) is 67.3 Å². The van der Waals surface area contributed by atoms with Crippen molar-refractivity contribution < 1.29 is 43.7 Å². The van der Waals surface area contributed by atoms with Crippen molar-refractivity contribution >= 4 is 46.2 Å². The monoisotopic (exact) mass is 917 g/mol. The molecule has 4 aromatic rings. The number of anilines is 1. The Labute approximate surface area is 391 Å². The first-order chi connectivity index (χ1) is 31.8. The number of hydrogen-bond donors (Lipinski definition) is 4. The van der Waals surface area contributed by atoms with Gasteiger partial charge in [0.1, 0.15) is 36.2 Å². The number of carbonyl (C=O) groups excluding carboxylic acids is 5. The Balaban J connectivity index is 1.18. The highest BCUT2D eigenvalue weighted by Gasteiger charge is 2.48. The number of aryl methyl sites for hydroxylation is 1. The smallest absolute Gasteiger partial charge is 0.324 e. The minimum Gasteiger partial charge on any atom is -0.508 e. The van der Waals surface area contributed by atoms with Gasteiger partial charge in [-0.3, -0.25) is 29.0 Å². The molecule has 4 aliphatic rings. The van der Waals surface area contributed by atoms with Crippen molar-refractivity contribution in [1.29, 1.82) is 0 Å². The molecule has 0 spiro atoms. The number of phenolic OH excluding ortho intramolecular Hbond substituents is 1. The number of benzene rings is 3. The fourth-order valence-electron chi connectivity index (χ4n) is 10.3. The summed E-state index contributed by atoms with van der Waals surface area (Å²) < 4.78 is 14.4. The van der Waals surface area contributed by atoms with Gasteiger partial charge in [0.15, 0.2) is 5.60 Å². The minimum absolute atomic E-state index is 0.0212. The first kappa shape index (κ1) is 47.1. The number of likely N-dealkylation sites (N-methyl/N-ethyl adjacent to an activating group) is 2. The largest absolute Gasteiger partial charge is 0.508 e. The van der Waals surface area contributed by atoms with E-state index in [0.29, 0.717) is 37.0 Å². The maximum atomic E-state index is 14.7. The van der Waals surface area contributed by atoms with Gasteiger partial charge < -0.3 is 44.3 Å². The number of aliphatic hydroxyl groups is 1. The van der Waals surface area contributed by atoms with Gasteiger partial charge >= 0.3 is 5.97 Å². The van der Waals surface area contributed by atoms with E-state index in [1.807, 2.05) is 19.2 Å². The van der Waals surface area contributed by atoms with Gasteiger partial charge in [-0.15, -0.1) is 0 Å². The Bertz CT molecular complexity index is 2640. The molecular formula is C51H63N7O9. The third-order valence-corrected chi connectivity index (χ3v) is 13.8. The number of nitrogens with one attached hydrogen (secondary N) is 2. The van der Waals surface area contributed by atoms with Crippen LogP contribution in [0.3, 0.4) is 0 Å². The Morgan fingerprint density at radius 1 is 0.985 bits per heavy atom. The average Bonchev–Trinajstić information content (AvgIpc) is 3.83. The number of fused-ring (bicyclic) bond motifs is 7. The number of phenols is 1. The summed E-state index contributed by atoms with van der Waals surface area (Å²) >= 11 is 0. The lowest BCUT2D eigenvalue weighted by Gasteiger charge is -2.37. The lowest BCUT2D eigenvalue weighted by atomic mass is 9.84. The van der Waals surface area contributed by atoms with Crippen LogP contribution in [0.2, 0.25) is 0 Å². The number of cyclic esters (lactones) is 1. The maximum Gasteiger partial charge on any atom is 0.324 e. The van der Waals surface area contributed by atoms with Crippen LogP contribution in [0.25, 0.3) is 33.3 Å². The summed E-state index contributed by atoms with van der Waals surface area (Å²) in [6, 6.07) is 14.4. The first-order valence-electron chi connectivity index (χ1n) is 23.2. The van der Waals surface area contributed by atoms with Crippen LogP contribution < -0.4 is 20.4 Å². The summed E-state index contributed by atoms with van der Waals surface area (Å²) in [7, 11) is 5.53. The molecule has 0 saturated carbocycles. The zero-order valence-corrected chi connectivity index (χ0v) is 39.6. The Morgan fingerprint density at radius 2 is 1.75 bits per heavy atom. The predicted octanol–water partition coefficient (Wildman–Crippen LogP) is 4.33. The fourth-order valence-corrected chi connectivity index (χ4v) is 10.3. The third-order valence-electron chi connectivity index (χ3n) is 13.8. The van der Waals surface area contributed by atoms with Crippen molar-refractivity contribution in [1.82, 2.24) is 30.1 Å². The van der Waals surface area contributed by atoms with Gasteiger partial charge in [-0.05, 0) is 89.9 Å². The van der Waals surface area contributed by atoms with Gasteiger partial charge in [0.25, 0.3) is 11.8 Å². The Hall–Kier alpha value is -6.39. The zero-order chi connectivity index (χ0) is 48.1. The minimum atomic E-state index is -1.93. The molecule has 1 aromatic heterocycles. The molecule has 3 aromatic carbocycles. The van der Waals surface area contributed by atoms with Crippen LogP contribution in [0.4, 0.5) is 5.69 Å². The van der Waals surface area contributed by atoms with Crippen molar-refractivity contribution in [3.05, 3.63) is 78.4 Å². The van der Waals surface area contributed by atoms with E-state index in [4.69, 9.17) is 9.47 Å². The van der Waals surface area contributed by atoms with E-state index in [9.17, 15) is 34.2 Å². The van der Waals surface area contributed by atoms with Crippen LogP contribution in [0, 0.1) is 11.3 Å². The predicted molar refractivity (Wildman–Crippen MR) is 254 cm³/mol. The third kappa shape index (κ3) is 9.33. The second kappa shape index (κ2) is 18.4.